The Bertz CT molecular complexity index is 369. The van der Waals surface area contributed by atoms with Gasteiger partial charge < -0.3 is 10.0 Å². The van der Waals surface area contributed by atoms with Crippen LogP contribution in [0, 0.1) is 13.8 Å². The zero-order valence-corrected chi connectivity index (χ0v) is 9.61. The van der Waals surface area contributed by atoms with Crippen molar-refractivity contribution in [1.82, 2.24) is 14.7 Å². The number of nitrogens with zero attached hydrogens (tertiary/aromatic N) is 3. The van der Waals surface area contributed by atoms with Crippen LogP contribution in [0.3, 0.4) is 0 Å². The van der Waals surface area contributed by atoms with Crippen molar-refractivity contribution in [3.8, 4) is 0 Å². The number of likely N-dealkylation sites (N-methyl/N-ethyl adjacent to an activating group) is 1. The second kappa shape index (κ2) is 4.44. The SMILES string of the molecule is Cc1nn(CC(=O)N(C)C)c(C)c1CO. The maximum absolute atomic E-state index is 11.5. The van der Waals surface area contributed by atoms with E-state index in [1.165, 1.54) is 4.90 Å². The topological polar surface area (TPSA) is 58.4 Å². The van der Waals surface area contributed by atoms with E-state index in [9.17, 15) is 4.79 Å². The van der Waals surface area contributed by atoms with Gasteiger partial charge in [0.2, 0.25) is 5.91 Å². The van der Waals surface area contributed by atoms with E-state index in [2.05, 4.69) is 5.10 Å². The van der Waals surface area contributed by atoms with Gasteiger partial charge in [0.25, 0.3) is 0 Å². The molecule has 0 bridgehead atoms. The molecule has 5 nitrogen and oxygen atoms in total. The van der Waals surface area contributed by atoms with E-state index in [4.69, 9.17) is 5.11 Å². The Hall–Kier alpha value is -1.36. The minimum absolute atomic E-state index is 0.00918. The van der Waals surface area contributed by atoms with E-state index in [-0.39, 0.29) is 19.1 Å². The molecule has 0 atom stereocenters. The minimum atomic E-state index is -0.0339. The fourth-order valence-electron chi connectivity index (χ4n) is 1.39. The zero-order chi connectivity index (χ0) is 11.6. The average Bonchev–Trinajstić information content (AvgIpc) is 2.41. The molecule has 1 heterocycles. The molecule has 0 fully saturated rings. The lowest BCUT2D eigenvalue weighted by molar-refractivity contribution is -0.129. The minimum Gasteiger partial charge on any atom is -0.392 e. The predicted molar refractivity (Wildman–Crippen MR) is 56.3 cm³/mol. The molecule has 1 amide bonds. The Balaban J connectivity index is 2.92. The van der Waals surface area contributed by atoms with Crippen LogP contribution in [0.25, 0.3) is 0 Å². The van der Waals surface area contributed by atoms with Gasteiger partial charge in [0, 0.05) is 25.4 Å². The largest absolute Gasteiger partial charge is 0.392 e. The summed E-state index contributed by atoms with van der Waals surface area (Å²) in [6, 6.07) is 0. The van der Waals surface area contributed by atoms with Crippen molar-refractivity contribution < 1.29 is 9.90 Å². The molecule has 1 aromatic rings. The summed E-state index contributed by atoms with van der Waals surface area (Å²) in [5.74, 6) is -0.00918. The highest BCUT2D eigenvalue weighted by molar-refractivity contribution is 5.75. The van der Waals surface area contributed by atoms with Crippen molar-refractivity contribution in [1.29, 1.82) is 0 Å². The standard InChI is InChI=1S/C10H17N3O2/c1-7-9(6-14)8(2)13(11-7)5-10(15)12(3)4/h14H,5-6H2,1-4H3. The molecule has 0 aliphatic carbocycles. The third-order valence-corrected chi connectivity index (χ3v) is 2.47. The molecule has 1 aromatic heterocycles. The molecular weight excluding hydrogens is 194 g/mol. The van der Waals surface area contributed by atoms with Gasteiger partial charge in [-0.1, -0.05) is 0 Å². The van der Waals surface area contributed by atoms with Gasteiger partial charge in [-0.3, -0.25) is 9.48 Å². The maximum atomic E-state index is 11.5. The van der Waals surface area contributed by atoms with Crippen LogP contribution in [-0.2, 0) is 17.9 Å². The normalized spacial score (nSPS) is 10.5. The van der Waals surface area contributed by atoms with Crippen molar-refractivity contribution in [3.05, 3.63) is 17.0 Å². The summed E-state index contributed by atoms with van der Waals surface area (Å²) in [7, 11) is 3.42. The van der Waals surface area contributed by atoms with E-state index in [1.807, 2.05) is 13.8 Å². The van der Waals surface area contributed by atoms with Crippen LogP contribution in [0.5, 0.6) is 0 Å². The zero-order valence-electron chi connectivity index (χ0n) is 9.61. The predicted octanol–water partition coefficient (Wildman–Crippen LogP) is 0.0804. The van der Waals surface area contributed by atoms with Crippen molar-refractivity contribution in [2.24, 2.45) is 0 Å². The molecule has 0 aliphatic rings. The van der Waals surface area contributed by atoms with Crippen LogP contribution in [0.2, 0.25) is 0 Å². The second-order valence-corrected chi connectivity index (χ2v) is 3.75. The molecule has 1 rings (SSSR count). The number of carbonyl (C=O) groups excluding carboxylic acids is 1. The number of aliphatic hydroxyl groups is 1. The van der Waals surface area contributed by atoms with Crippen LogP contribution >= 0.6 is 0 Å². The Morgan fingerprint density at radius 1 is 1.47 bits per heavy atom. The first-order valence-electron chi connectivity index (χ1n) is 4.81. The van der Waals surface area contributed by atoms with Crippen molar-refractivity contribution >= 4 is 5.91 Å². The van der Waals surface area contributed by atoms with Gasteiger partial charge >= 0.3 is 0 Å². The average molecular weight is 211 g/mol. The van der Waals surface area contributed by atoms with Crippen molar-refractivity contribution in [2.45, 2.75) is 27.0 Å². The van der Waals surface area contributed by atoms with E-state index >= 15 is 0 Å². The first-order chi connectivity index (χ1) is 6.97. The second-order valence-electron chi connectivity index (χ2n) is 3.75. The third-order valence-electron chi connectivity index (χ3n) is 2.47. The Kier molecular flexibility index (Phi) is 3.47. The number of carbonyl (C=O) groups is 1. The summed E-state index contributed by atoms with van der Waals surface area (Å²) in [5.41, 5.74) is 2.44. The first-order valence-corrected chi connectivity index (χ1v) is 4.81. The van der Waals surface area contributed by atoms with Gasteiger partial charge in [-0.2, -0.15) is 5.10 Å². The fourth-order valence-corrected chi connectivity index (χ4v) is 1.39. The highest BCUT2D eigenvalue weighted by Crippen LogP contribution is 2.12. The maximum Gasteiger partial charge on any atom is 0.243 e. The summed E-state index contributed by atoms with van der Waals surface area (Å²) in [6.07, 6.45) is 0. The van der Waals surface area contributed by atoms with Gasteiger partial charge in [0.1, 0.15) is 6.54 Å². The Labute approximate surface area is 89.3 Å². The smallest absolute Gasteiger partial charge is 0.243 e. The molecule has 0 spiro atoms. The monoisotopic (exact) mass is 211 g/mol. The molecule has 5 heteroatoms. The fraction of sp³-hybridized carbons (Fsp3) is 0.600. The third kappa shape index (κ3) is 2.36. The van der Waals surface area contributed by atoms with Gasteiger partial charge in [0.05, 0.1) is 12.3 Å². The van der Waals surface area contributed by atoms with Crippen molar-refractivity contribution in [3.63, 3.8) is 0 Å². The molecule has 15 heavy (non-hydrogen) atoms. The summed E-state index contributed by atoms with van der Waals surface area (Å²) in [4.78, 5) is 13.0. The first kappa shape index (κ1) is 11.7. The van der Waals surface area contributed by atoms with E-state index < -0.39 is 0 Å². The number of aliphatic hydroxyl groups excluding tert-OH is 1. The number of rotatable bonds is 3. The van der Waals surface area contributed by atoms with Crippen LogP contribution in [-0.4, -0.2) is 39.8 Å². The van der Waals surface area contributed by atoms with Gasteiger partial charge in [-0.05, 0) is 13.8 Å². The Morgan fingerprint density at radius 3 is 2.47 bits per heavy atom. The molecule has 0 saturated heterocycles. The van der Waals surface area contributed by atoms with Crippen LogP contribution in [0.15, 0.2) is 0 Å². The molecule has 0 saturated carbocycles. The molecule has 0 aliphatic heterocycles. The van der Waals surface area contributed by atoms with Crippen LogP contribution in [0.4, 0.5) is 0 Å². The molecule has 84 valence electrons. The molecule has 0 aromatic carbocycles. The van der Waals surface area contributed by atoms with Gasteiger partial charge in [-0.25, -0.2) is 0 Å². The quantitative estimate of drug-likeness (QED) is 0.770. The van der Waals surface area contributed by atoms with Crippen molar-refractivity contribution in [2.75, 3.05) is 14.1 Å². The lowest BCUT2D eigenvalue weighted by Crippen LogP contribution is -2.27. The summed E-state index contributed by atoms with van der Waals surface area (Å²) in [6.45, 7) is 3.87. The Morgan fingerprint density at radius 2 is 2.07 bits per heavy atom. The number of hydrogen-bond acceptors (Lipinski definition) is 3. The van der Waals surface area contributed by atoms with E-state index in [1.54, 1.807) is 18.8 Å². The number of aryl methyl sites for hydroxylation is 1. The van der Waals surface area contributed by atoms with Gasteiger partial charge in [0.15, 0.2) is 0 Å². The lowest BCUT2D eigenvalue weighted by atomic mass is 10.2. The van der Waals surface area contributed by atoms with Gasteiger partial charge in [-0.15, -0.1) is 0 Å². The molecular formula is C10H17N3O2. The lowest BCUT2D eigenvalue weighted by Gasteiger charge is -2.11. The number of hydrogen-bond donors (Lipinski definition) is 1. The summed E-state index contributed by atoms with van der Waals surface area (Å²) in [5, 5.41) is 13.3. The highest BCUT2D eigenvalue weighted by Gasteiger charge is 2.13. The molecule has 0 unspecified atom stereocenters. The van der Waals surface area contributed by atoms with Crippen LogP contribution in [0.1, 0.15) is 17.0 Å². The number of aromatic nitrogens is 2. The molecule has 0 radical (unpaired) electrons. The molecule has 1 N–H and O–H groups in total. The van der Waals surface area contributed by atoms with Crippen LogP contribution < -0.4 is 0 Å². The summed E-state index contributed by atoms with van der Waals surface area (Å²) < 4.78 is 1.63. The number of amides is 1. The highest BCUT2D eigenvalue weighted by atomic mass is 16.3. The van der Waals surface area contributed by atoms with E-state index in [0.717, 1.165) is 17.0 Å². The van der Waals surface area contributed by atoms with E-state index in [0.29, 0.717) is 0 Å². The summed E-state index contributed by atoms with van der Waals surface area (Å²) >= 11 is 0.